The third kappa shape index (κ3) is 2.14. The van der Waals surface area contributed by atoms with Gasteiger partial charge in [0, 0.05) is 0 Å². The Morgan fingerprint density at radius 1 is 1.52 bits per heavy atom. The third-order valence-corrected chi connectivity index (χ3v) is 4.01. The third-order valence-electron chi connectivity index (χ3n) is 3.17. The van der Waals surface area contributed by atoms with Crippen LogP contribution in [-0.2, 0) is 16.9 Å². The zero-order valence-corrected chi connectivity index (χ0v) is 11.8. The minimum atomic E-state index is -1.21. The summed E-state index contributed by atoms with van der Waals surface area (Å²) < 4.78 is 5.25. The van der Waals surface area contributed by atoms with Gasteiger partial charge in [-0.1, -0.05) is 11.3 Å². The van der Waals surface area contributed by atoms with E-state index < -0.39 is 17.5 Å². The van der Waals surface area contributed by atoms with Crippen LogP contribution in [0.15, 0.2) is 22.8 Å². The molecule has 1 atom stereocenters. The Morgan fingerprint density at radius 2 is 2.33 bits per heavy atom. The summed E-state index contributed by atoms with van der Waals surface area (Å²) in [6, 6.07) is 2.80. The van der Waals surface area contributed by atoms with Crippen molar-refractivity contribution in [1.82, 2.24) is 20.4 Å². The van der Waals surface area contributed by atoms with Crippen LogP contribution in [0.5, 0.6) is 0 Å². The van der Waals surface area contributed by atoms with Gasteiger partial charge in [0.1, 0.15) is 10.8 Å². The lowest BCUT2D eigenvalue weighted by Crippen LogP contribution is -2.40. The van der Waals surface area contributed by atoms with E-state index in [1.807, 2.05) is 0 Å². The molecule has 1 unspecified atom stereocenters. The number of carbonyl (C=O) groups is 2. The lowest BCUT2D eigenvalue weighted by atomic mass is 9.99. The number of urea groups is 1. The number of nitrogen functional groups attached to an aromatic ring is 1. The van der Waals surface area contributed by atoms with Crippen LogP contribution in [0.1, 0.15) is 17.7 Å². The molecule has 2 aromatic rings. The first-order valence-electron chi connectivity index (χ1n) is 6.01. The number of nitrogens with two attached hydrogens (primary N) is 1. The number of furan rings is 1. The highest BCUT2D eigenvalue weighted by molar-refractivity contribution is 7.15. The van der Waals surface area contributed by atoms with Crippen molar-refractivity contribution in [3.05, 3.63) is 29.2 Å². The van der Waals surface area contributed by atoms with Gasteiger partial charge in [-0.15, -0.1) is 10.2 Å². The van der Waals surface area contributed by atoms with Crippen LogP contribution in [0, 0.1) is 0 Å². The van der Waals surface area contributed by atoms with Crippen molar-refractivity contribution in [2.75, 3.05) is 5.43 Å². The van der Waals surface area contributed by atoms with Gasteiger partial charge in [-0.2, -0.15) is 0 Å². The maximum atomic E-state index is 12.5. The Morgan fingerprint density at radius 3 is 2.95 bits per heavy atom. The molecule has 1 aliphatic heterocycles. The fourth-order valence-corrected chi connectivity index (χ4v) is 2.72. The summed E-state index contributed by atoms with van der Waals surface area (Å²) >= 11 is 1.17. The Hall–Kier alpha value is -2.46. The minimum absolute atomic E-state index is 0.0281. The summed E-state index contributed by atoms with van der Waals surface area (Å²) in [5.41, 5.74) is 1.15. The van der Waals surface area contributed by atoms with E-state index in [2.05, 4.69) is 20.9 Å². The van der Waals surface area contributed by atoms with Crippen molar-refractivity contribution in [1.29, 1.82) is 0 Å². The maximum absolute atomic E-state index is 12.5. The first-order chi connectivity index (χ1) is 10.0. The van der Waals surface area contributed by atoms with Gasteiger partial charge in [-0.25, -0.2) is 10.6 Å². The molecule has 21 heavy (non-hydrogen) atoms. The second-order valence-electron chi connectivity index (χ2n) is 4.57. The van der Waals surface area contributed by atoms with E-state index in [0.717, 1.165) is 4.90 Å². The average Bonchev–Trinajstić information content (AvgIpc) is 3.17. The monoisotopic (exact) mass is 308 g/mol. The van der Waals surface area contributed by atoms with Gasteiger partial charge < -0.3 is 9.73 Å². The van der Waals surface area contributed by atoms with Gasteiger partial charge in [-0.3, -0.25) is 15.1 Å². The molecule has 3 heterocycles. The highest BCUT2D eigenvalue weighted by Gasteiger charge is 2.51. The number of amides is 3. The molecule has 0 aliphatic carbocycles. The Kier molecular flexibility index (Phi) is 3.11. The van der Waals surface area contributed by atoms with E-state index in [1.54, 1.807) is 19.1 Å². The van der Waals surface area contributed by atoms with Crippen molar-refractivity contribution in [3.63, 3.8) is 0 Å². The normalized spacial score (nSPS) is 21.7. The molecule has 0 aromatic carbocycles. The summed E-state index contributed by atoms with van der Waals surface area (Å²) in [4.78, 5) is 25.6. The van der Waals surface area contributed by atoms with E-state index in [4.69, 9.17) is 10.3 Å². The van der Waals surface area contributed by atoms with E-state index in [1.165, 1.54) is 17.6 Å². The number of aromatic nitrogens is 2. The molecule has 0 saturated carbocycles. The molecule has 10 heteroatoms. The van der Waals surface area contributed by atoms with Crippen LogP contribution >= 0.6 is 11.3 Å². The van der Waals surface area contributed by atoms with E-state index in [9.17, 15) is 9.59 Å². The quantitative estimate of drug-likeness (QED) is 0.423. The summed E-state index contributed by atoms with van der Waals surface area (Å²) in [6.07, 6.45) is 1.45. The molecule has 1 saturated heterocycles. The van der Waals surface area contributed by atoms with Crippen molar-refractivity contribution >= 4 is 28.4 Å². The van der Waals surface area contributed by atoms with E-state index >= 15 is 0 Å². The van der Waals surface area contributed by atoms with Gasteiger partial charge >= 0.3 is 6.03 Å². The van der Waals surface area contributed by atoms with Gasteiger partial charge in [0.2, 0.25) is 5.13 Å². The van der Waals surface area contributed by atoms with Gasteiger partial charge in [-0.05, 0) is 19.1 Å². The van der Waals surface area contributed by atoms with Gasteiger partial charge in [0.05, 0.1) is 12.8 Å². The van der Waals surface area contributed by atoms with Crippen molar-refractivity contribution < 1.29 is 14.0 Å². The first-order valence-corrected chi connectivity index (χ1v) is 6.83. The molecule has 3 amide bonds. The molecular formula is C11H12N6O3S. The number of anilines is 1. The number of carbonyl (C=O) groups excluding carboxylic acids is 2. The molecule has 0 radical (unpaired) electrons. The predicted molar refractivity (Wildman–Crippen MR) is 72.9 cm³/mol. The Bertz CT molecular complexity index is 684. The van der Waals surface area contributed by atoms with Crippen LogP contribution in [0.3, 0.4) is 0 Å². The van der Waals surface area contributed by atoms with Crippen molar-refractivity contribution in [3.8, 4) is 0 Å². The second-order valence-corrected chi connectivity index (χ2v) is 5.63. The maximum Gasteiger partial charge on any atom is 0.325 e. The van der Waals surface area contributed by atoms with Gasteiger partial charge in [0.25, 0.3) is 5.91 Å². The topological polar surface area (TPSA) is 126 Å². The molecule has 3 rings (SSSR count). The number of imide groups is 1. The van der Waals surface area contributed by atoms with Crippen molar-refractivity contribution in [2.45, 2.75) is 19.0 Å². The summed E-state index contributed by atoms with van der Waals surface area (Å²) in [6.45, 7) is 1.62. The second kappa shape index (κ2) is 4.82. The summed E-state index contributed by atoms with van der Waals surface area (Å²) in [5, 5.41) is 11.2. The molecule has 0 spiro atoms. The molecule has 1 aliphatic rings. The number of hydrogen-bond acceptors (Lipinski definition) is 8. The zero-order valence-electron chi connectivity index (χ0n) is 11.0. The van der Waals surface area contributed by atoms with Crippen LogP contribution in [0.4, 0.5) is 9.93 Å². The van der Waals surface area contributed by atoms with Crippen LogP contribution < -0.4 is 16.6 Å². The van der Waals surface area contributed by atoms with Gasteiger partial charge in [0.15, 0.2) is 5.54 Å². The lowest BCUT2D eigenvalue weighted by molar-refractivity contribution is -0.132. The Labute approximate surface area is 123 Å². The number of hydrogen-bond donors (Lipinski definition) is 3. The fourth-order valence-electron chi connectivity index (χ4n) is 2.08. The molecule has 2 aromatic heterocycles. The zero-order chi connectivity index (χ0) is 15.0. The molecule has 110 valence electrons. The molecule has 1 fully saturated rings. The highest BCUT2D eigenvalue weighted by atomic mass is 32.1. The number of nitrogens with one attached hydrogen (secondary N) is 2. The molecule has 4 N–H and O–H groups in total. The largest absolute Gasteiger partial charge is 0.466 e. The minimum Gasteiger partial charge on any atom is -0.466 e. The lowest BCUT2D eigenvalue weighted by Gasteiger charge is -2.18. The van der Waals surface area contributed by atoms with Crippen LogP contribution in [-0.4, -0.2) is 27.0 Å². The predicted octanol–water partition coefficient (Wildman–Crippen LogP) is 0.384. The summed E-state index contributed by atoms with van der Waals surface area (Å²) in [7, 11) is 0. The first kappa shape index (κ1) is 13.5. The molecule has 9 nitrogen and oxygen atoms in total. The standard InChI is InChI=1S/C11H12N6O3S/c1-11(6-3-2-4-20-6)8(18)17(10(19)13-11)5-7-15-16-9(14-12)21-7/h2-4H,5,12H2,1H3,(H,13,19)(H,14,16). The molecule has 0 bridgehead atoms. The Balaban J connectivity index is 1.84. The number of hydrazine groups is 1. The smallest absolute Gasteiger partial charge is 0.325 e. The molecular weight excluding hydrogens is 296 g/mol. The van der Waals surface area contributed by atoms with E-state index in [0.29, 0.717) is 15.9 Å². The number of nitrogens with zero attached hydrogens (tertiary/aromatic N) is 3. The van der Waals surface area contributed by atoms with Crippen LogP contribution in [0.2, 0.25) is 0 Å². The number of rotatable bonds is 4. The SMILES string of the molecule is CC1(c2ccco2)NC(=O)N(Cc2nnc(NN)s2)C1=O. The van der Waals surface area contributed by atoms with E-state index in [-0.39, 0.29) is 6.54 Å². The van der Waals surface area contributed by atoms with Crippen molar-refractivity contribution in [2.24, 2.45) is 5.84 Å². The average molecular weight is 308 g/mol. The summed E-state index contributed by atoms with van der Waals surface area (Å²) in [5.74, 6) is 5.20. The van der Waals surface area contributed by atoms with Crippen LogP contribution in [0.25, 0.3) is 0 Å². The fraction of sp³-hybridized carbons (Fsp3) is 0.273. The highest BCUT2D eigenvalue weighted by Crippen LogP contribution is 2.30.